The second-order valence-electron chi connectivity index (χ2n) is 8.97. The molecule has 0 spiro atoms. The predicted molar refractivity (Wildman–Crippen MR) is 145 cm³/mol. The van der Waals surface area contributed by atoms with Crippen molar-refractivity contribution in [2.75, 3.05) is 41.0 Å². The number of pyridine rings is 1. The SMILES string of the molecule is COc1ccc(CCN(C)CCCOc2ccc(-c3cc4ccc(OC)cc4c(=O)n3C)cc2)cc1. The lowest BCUT2D eigenvalue weighted by Crippen LogP contribution is -2.23. The molecule has 0 saturated heterocycles. The zero-order valence-electron chi connectivity index (χ0n) is 21.5. The number of benzene rings is 3. The highest BCUT2D eigenvalue weighted by Gasteiger charge is 2.10. The van der Waals surface area contributed by atoms with Crippen molar-refractivity contribution >= 4 is 10.8 Å². The topological polar surface area (TPSA) is 52.9 Å². The number of hydrogen-bond acceptors (Lipinski definition) is 5. The van der Waals surface area contributed by atoms with E-state index in [1.807, 2.05) is 54.6 Å². The zero-order valence-corrected chi connectivity index (χ0v) is 21.5. The molecule has 4 aromatic rings. The Labute approximate surface area is 212 Å². The number of methoxy groups -OCH3 is 2. The fourth-order valence-electron chi connectivity index (χ4n) is 4.25. The quantitative estimate of drug-likeness (QED) is 0.274. The predicted octanol–water partition coefficient (Wildman–Crippen LogP) is 5.17. The molecule has 1 heterocycles. The lowest BCUT2D eigenvalue weighted by atomic mass is 10.1. The van der Waals surface area contributed by atoms with Crippen LogP contribution in [0.5, 0.6) is 17.2 Å². The first-order valence-corrected chi connectivity index (χ1v) is 12.2. The van der Waals surface area contributed by atoms with E-state index in [1.54, 1.807) is 31.9 Å². The Hall–Kier alpha value is -3.77. The van der Waals surface area contributed by atoms with Crippen molar-refractivity contribution in [2.24, 2.45) is 7.05 Å². The van der Waals surface area contributed by atoms with Crippen molar-refractivity contribution in [3.05, 3.63) is 88.7 Å². The Morgan fingerprint density at radius 2 is 1.47 bits per heavy atom. The molecule has 0 unspecified atom stereocenters. The Morgan fingerprint density at radius 1 is 0.806 bits per heavy atom. The van der Waals surface area contributed by atoms with Gasteiger partial charge in [-0.05, 0) is 91.0 Å². The Bertz CT molecular complexity index is 1340. The molecule has 0 saturated carbocycles. The van der Waals surface area contributed by atoms with Gasteiger partial charge in [0.15, 0.2) is 0 Å². The lowest BCUT2D eigenvalue weighted by molar-refractivity contribution is 0.264. The molecule has 0 aliphatic heterocycles. The van der Waals surface area contributed by atoms with Crippen LogP contribution in [0, 0.1) is 0 Å². The summed E-state index contributed by atoms with van der Waals surface area (Å²) in [6.07, 6.45) is 1.96. The normalized spacial score (nSPS) is 11.1. The van der Waals surface area contributed by atoms with Crippen LogP contribution in [-0.4, -0.2) is 50.4 Å². The molecule has 0 amide bonds. The van der Waals surface area contributed by atoms with Crippen LogP contribution in [0.3, 0.4) is 0 Å². The van der Waals surface area contributed by atoms with Crippen LogP contribution in [0.25, 0.3) is 22.0 Å². The second kappa shape index (κ2) is 11.8. The maximum atomic E-state index is 12.9. The molecule has 36 heavy (non-hydrogen) atoms. The first-order valence-electron chi connectivity index (χ1n) is 12.2. The molecule has 3 aromatic carbocycles. The minimum atomic E-state index is -0.0437. The molecule has 6 nitrogen and oxygen atoms in total. The summed E-state index contributed by atoms with van der Waals surface area (Å²) in [6.45, 7) is 2.62. The molecule has 0 aliphatic rings. The maximum Gasteiger partial charge on any atom is 0.258 e. The molecule has 0 fully saturated rings. The van der Waals surface area contributed by atoms with E-state index in [0.29, 0.717) is 17.7 Å². The van der Waals surface area contributed by atoms with E-state index >= 15 is 0 Å². The van der Waals surface area contributed by atoms with Crippen molar-refractivity contribution in [3.63, 3.8) is 0 Å². The largest absolute Gasteiger partial charge is 0.497 e. The van der Waals surface area contributed by atoms with E-state index in [0.717, 1.165) is 54.1 Å². The van der Waals surface area contributed by atoms with Gasteiger partial charge in [-0.25, -0.2) is 0 Å². The average molecular weight is 487 g/mol. The number of aromatic nitrogens is 1. The second-order valence-corrected chi connectivity index (χ2v) is 8.97. The number of rotatable bonds is 11. The minimum absolute atomic E-state index is 0.0437. The number of hydrogen-bond donors (Lipinski definition) is 0. The molecule has 0 bridgehead atoms. The first kappa shape index (κ1) is 25.3. The van der Waals surface area contributed by atoms with Gasteiger partial charge in [0, 0.05) is 20.1 Å². The van der Waals surface area contributed by atoms with E-state index in [1.165, 1.54) is 5.56 Å². The summed E-state index contributed by atoms with van der Waals surface area (Å²) in [4.78, 5) is 15.2. The van der Waals surface area contributed by atoms with Crippen molar-refractivity contribution in [2.45, 2.75) is 12.8 Å². The third-order valence-corrected chi connectivity index (χ3v) is 6.49. The molecular weight excluding hydrogens is 452 g/mol. The average Bonchev–Trinajstić information content (AvgIpc) is 2.92. The van der Waals surface area contributed by atoms with Gasteiger partial charge in [0.2, 0.25) is 0 Å². The molecule has 4 rings (SSSR count). The lowest BCUT2D eigenvalue weighted by Gasteiger charge is -2.17. The fourth-order valence-corrected chi connectivity index (χ4v) is 4.25. The summed E-state index contributed by atoms with van der Waals surface area (Å²) in [5.41, 5.74) is 3.10. The number of nitrogens with zero attached hydrogens (tertiary/aromatic N) is 2. The van der Waals surface area contributed by atoms with E-state index in [9.17, 15) is 4.79 Å². The van der Waals surface area contributed by atoms with Crippen molar-refractivity contribution in [1.82, 2.24) is 9.47 Å². The molecule has 6 heteroatoms. The van der Waals surface area contributed by atoms with Crippen LogP contribution >= 0.6 is 0 Å². The molecule has 1 aromatic heterocycles. The Balaban J connectivity index is 1.29. The highest BCUT2D eigenvalue weighted by Crippen LogP contribution is 2.26. The summed E-state index contributed by atoms with van der Waals surface area (Å²) in [6, 6.07) is 23.8. The summed E-state index contributed by atoms with van der Waals surface area (Å²) < 4.78 is 18.1. The summed E-state index contributed by atoms with van der Waals surface area (Å²) in [5, 5.41) is 1.54. The van der Waals surface area contributed by atoms with Crippen LogP contribution in [0.4, 0.5) is 0 Å². The molecule has 0 atom stereocenters. The van der Waals surface area contributed by atoms with Gasteiger partial charge in [-0.15, -0.1) is 0 Å². The van der Waals surface area contributed by atoms with E-state index in [-0.39, 0.29) is 5.56 Å². The minimum Gasteiger partial charge on any atom is -0.497 e. The monoisotopic (exact) mass is 486 g/mol. The van der Waals surface area contributed by atoms with Gasteiger partial charge in [-0.1, -0.05) is 18.2 Å². The van der Waals surface area contributed by atoms with E-state index in [2.05, 4.69) is 24.1 Å². The molecule has 0 N–H and O–H groups in total. The first-order chi connectivity index (χ1) is 17.5. The molecular formula is C30H34N2O4. The van der Waals surface area contributed by atoms with Crippen LogP contribution in [0.15, 0.2) is 77.6 Å². The Kier molecular flexibility index (Phi) is 8.28. The molecule has 0 aliphatic carbocycles. The summed E-state index contributed by atoms with van der Waals surface area (Å²) in [5.74, 6) is 2.40. The summed E-state index contributed by atoms with van der Waals surface area (Å²) in [7, 11) is 7.23. The molecule has 0 radical (unpaired) electrons. The van der Waals surface area contributed by atoms with Crippen molar-refractivity contribution in [3.8, 4) is 28.5 Å². The summed E-state index contributed by atoms with van der Waals surface area (Å²) >= 11 is 0. The smallest absolute Gasteiger partial charge is 0.258 e. The van der Waals surface area contributed by atoms with E-state index < -0.39 is 0 Å². The van der Waals surface area contributed by atoms with Gasteiger partial charge in [-0.2, -0.15) is 0 Å². The van der Waals surface area contributed by atoms with Crippen molar-refractivity contribution in [1.29, 1.82) is 0 Å². The highest BCUT2D eigenvalue weighted by molar-refractivity contribution is 5.86. The third-order valence-electron chi connectivity index (χ3n) is 6.49. The van der Waals surface area contributed by atoms with Crippen molar-refractivity contribution < 1.29 is 14.2 Å². The van der Waals surface area contributed by atoms with Crippen LogP contribution < -0.4 is 19.8 Å². The number of ether oxygens (including phenoxy) is 3. The zero-order chi connectivity index (χ0) is 25.5. The standard InChI is InChI=1S/C30H34N2O4/c1-31(18-16-22-6-11-25(34-3)12-7-22)17-5-19-36-26-13-8-23(9-14-26)29-20-24-10-15-27(35-4)21-28(24)30(33)32(29)2/h6-15,20-21H,5,16-19H2,1-4H3. The number of fused-ring (bicyclic) bond motifs is 1. The highest BCUT2D eigenvalue weighted by atomic mass is 16.5. The van der Waals surface area contributed by atoms with Gasteiger partial charge in [-0.3, -0.25) is 4.79 Å². The van der Waals surface area contributed by atoms with Gasteiger partial charge < -0.3 is 23.7 Å². The van der Waals surface area contributed by atoms with Crippen LogP contribution in [0.1, 0.15) is 12.0 Å². The van der Waals surface area contributed by atoms with Gasteiger partial charge >= 0.3 is 0 Å². The van der Waals surface area contributed by atoms with Gasteiger partial charge in [0.05, 0.1) is 31.9 Å². The third kappa shape index (κ3) is 6.07. The molecule has 188 valence electrons. The van der Waals surface area contributed by atoms with Crippen LogP contribution in [-0.2, 0) is 13.5 Å². The van der Waals surface area contributed by atoms with Gasteiger partial charge in [0.1, 0.15) is 17.2 Å². The number of likely N-dealkylation sites (N-methyl/N-ethyl adjacent to an activating group) is 1. The fraction of sp³-hybridized carbons (Fsp3) is 0.300. The Morgan fingerprint density at radius 3 is 2.17 bits per heavy atom. The maximum absolute atomic E-state index is 12.9. The van der Waals surface area contributed by atoms with Crippen LogP contribution in [0.2, 0.25) is 0 Å². The van der Waals surface area contributed by atoms with E-state index in [4.69, 9.17) is 14.2 Å². The van der Waals surface area contributed by atoms with Gasteiger partial charge in [0.25, 0.3) is 5.56 Å².